The first-order valence-corrected chi connectivity index (χ1v) is 9.44. The molecule has 1 N–H and O–H groups in total. The Morgan fingerprint density at radius 2 is 1.88 bits per heavy atom. The van der Waals surface area contributed by atoms with Crippen LogP contribution in [0, 0.1) is 0 Å². The Labute approximate surface area is 160 Å². The van der Waals surface area contributed by atoms with Crippen molar-refractivity contribution < 1.29 is 4.79 Å². The van der Waals surface area contributed by atoms with Crippen molar-refractivity contribution in [1.82, 2.24) is 15.2 Å². The van der Waals surface area contributed by atoms with Gasteiger partial charge < -0.3 is 15.1 Å². The maximum absolute atomic E-state index is 12.5. The summed E-state index contributed by atoms with van der Waals surface area (Å²) in [5, 5.41) is 4.15. The monoisotopic (exact) mass is 372 g/mol. The van der Waals surface area contributed by atoms with E-state index < -0.39 is 0 Å². The Hall–Kier alpha value is -2.11. The number of rotatable bonds is 6. The Kier molecular flexibility index (Phi) is 6.47. The van der Waals surface area contributed by atoms with Crippen molar-refractivity contribution in [2.24, 2.45) is 0 Å². The highest BCUT2D eigenvalue weighted by atomic mass is 35.5. The van der Waals surface area contributed by atoms with Crippen molar-refractivity contribution in [1.29, 1.82) is 0 Å². The van der Waals surface area contributed by atoms with Crippen LogP contribution in [0.1, 0.15) is 24.9 Å². The SMILES string of the molecule is CC(NCCC(=O)N1CCN(c2ccccn2)CC1)c1ccccc1Cl. The molecule has 1 aliphatic rings. The number of hydrogen-bond acceptors (Lipinski definition) is 4. The van der Waals surface area contributed by atoms with Crippen molar-refractivity contribution in [2.75, 3.05) is 37.6 Å². The lowest BCUT2D eigenvalue weighted by atomic mass is 10.1. The Morgan fingerprint density at radius 1 is 1.15 bits per heavy atom. The summed E-state index contributed by atoms with van der Waals surface area (Å²) in [6, 6.07) is 13.8. The minimum absolute atomic E-state index is 0.123. The molecule has 1 atom stereocenters. The van der Waals surface area contributed by atoms with Gasteiger partial charge in [0.1, 0.15) is 5.82 Å². The fraction of sp³-hybridized carbons (Fsp3) is 0.400. The van der Waals surface area contributed by atoms with Crippen LogP contribution in [0.25, 0.3) is 0 Å². The molecule has 1 aromatic carbocycles. The highest BCUT2D eigenvalue weighted by Gasteiger charge is 2.21. The number of amides is 1. The molecule has 5 nitrogen and oxygen atoms in total. The molecule has 138 valence electrons. The van der Waals surface area contributed by atoms with E-state index in [0.717, 1.165) is 42.6 Å². The van der Waals surface area contributed by atoms with Gasteiger partial charge in [0.15, 0.2) is 0 Å². The van der Waals surface area contributed by atoms with Crippen LogP contribution in [0.5, 0.6) is 0 Å². The number of hydrogen-bond donors (Lipinski definition) is 1. The molecule has 1 amide bonds. The van der Waals surface area contributed by atoms with E-state index in [0.29, 0.717) is 13.0 Å². The molecule has 0 bridgehead atoms. The average Bonchev–Trinajstić information content (AvgIpc) is 2.69. The fourth-order valence-electron chi connectivity index (χ4n) is 3.22. The van der Waals surface area contributed by atoms with Crippen molar-refractivity contribution in [2.45, 2.75) is 19.4 Å². The number of pyridine rings is 1. The predicted molar refractivity (Wildman–Crippen MR) is 106 cm³/mol. The first kappa shape index (κ1) is 18.7. The van der Waals surface area contributed by atoms with Gasteiger partial charge >= 0.3 is 0 Å². The maximum Gasteiger partial charge on any atom is 0.223 e. The topological polar surface area (TPSA) is 48.5 Å². The molecule has 1 fully saturated rings. The molecule has 0 radical (unpaired) electrons. The van der Waals surface area contributed by atoms with E-state index >= 15 is 0 Å². The van der Waals surface area contributed by atoms with Crippen molar-refractivity contribution in [3.05, 3.63) is 59.2 Å². The molecule has 1 unspecified atom stereocenters. The van der Waals surface area contributed by atoms with Gasteiger partial charge in [0.25, 0.3) is 0 Å². The molecular weight excluding hydrogens is 348 g/mol. The first-order valence-electron chi connectivity index (χ1n) is 9.06. The maximum atomic E-state index is 12.5. The summed E-state index contributed by atoms with van der Waals surface area (Å²) in [4.78, 5) is 21.0. The molecule has 0 aliphatic carbocycles. The second-order valence-electron chi connectivity index (χ2n) is 6.50. The van der Waals surface area contributed by atoms with Gasteiger partial charge in [0.05, 0.1) is 0 Å². The van der Waals surface area contributed by atoms with E-state index in [1.807, 2.05) is 47.4 Å². The number of benzene rings is 1. The van der Waals surface area contributed by atoms with Crippen molar-refractivity contribution >= 4 is 23.3 Å². The van der Waals surface area contributed by atoms with Gasteiger partial charge in [-0.05, 0) is 30.7 Å². The third-order valence-electron chi connectivity index (χ3n) is 4.77. The normalized spacial score (nSPS) is 15.8. The van der Waals surface area contributed by atoms with E-state index in [9.17, 15) is 4.79 Å². The minimum atomic E-state index is 0.123. The lowest BCUT2D eigenvalue weighted by Gasteiger charge is -2.35. The summed E-state index contributed by atoms with van der Waals surface area (Å²) in [6.45, 7) is 5.85. The van der Waals surface area contributed by atoms with E-state index in [4.69, 9.17) is 11.6 Å². The van der Waals surface area contributed by atoms with Gasteiger partial charge in [0, 0.05) is 56.4 Å². The van der Waals surface area contributed by atoms with Crippen LogP contribution in [-0.4, -0.2) is 48.5 Å². The van der Waals surface area contributed by atoms with Crippen LogP contribution in [-0.2, 0) is 4.79 Å². The summed E-state index contributed by atoms with van der Waals surface area (Å²) >= 11 is 6.22. The second-order valence-corrected chi connectivity index (χ2v) is 6.91. The highest BCUT2D eigenvalue weighted by molar-refractivity contribution is 6.31. The zero-order valence-corrected chi connectivity index (χ0v) is 15.8. The Balaban J connectivity index is 1.41. The molecule has 0 spiro atoms. The molecule has 2 aromatic rings. The lowest BCUT2D eigenvalue weighted by Crippen LogP contribution is -2.49. The van der Waals surface area contributed by atoms with Crippen LogP contribution in [0.3, 0.4) is 0 Å². The van der Waals surface area contributed by atoms with Crippen LogP contribution < -0.4 is 10.2 Å². The van der Waals surface area contributed by atoms with Gasteiger partial charge in [-0.25, -0.2) is 4.98 Å². The molecule has 6 heteroatoms. The number of carbonyl (C=O) groups is 1. The minimum Gasteiger partial charge on any atom is -0.353 e. The first-order chi connectivity index (χ1) is 12.6. The van der Waals surface area contributed by atoms with Gasteiger partial charge in [-0.3, -0.25) is 4.79 Å². The summed E-state index contributed by atoms with van der Waals surface area (Å²) in [6.07, 6.45) is 2.30. The smallest absolute Gasteiger partial charge is 0.223 e. The fourth-order valence-corrected chi connectivity index (χ4v) is 3.52. The Bertz CT molecular complexity index is 717. The van der Waals surface area contributed by atoms with E-state index in [1.165, 1.54) is 0 Å². The summed E-state index contributed by atoms with van der Waals surface area (Å²) in [5.74, 6) is 1.18. The van der Waals surface area contributed by atoms with Crippen molar-refractivity contribution in [3.8, 4) is 0 Å². The van der Waals surface area contributed by atoms with Crippen LogP contribution in [0.2, 0.25) is 5.02 Å². The Morgan fingerprint density at radius 3 is 2.58 bits per heavy atom. The van der Waals surface area contributed by atoms with Gasteiger partial charge in [-0.15, -0.1) is 0 Å². The third-order valence-corrected chi connectivity index (χ3v) is 5.11. The molecule has 2 heterocycles. The average molecular weight is 373 g/mol. The third kappa shape index (κ3) is 4.74. The lowest BCUT2D eigenvalue weighted by molar-refractivity contribution is -0.131. The second kappa shape index (κ2) is 9.01. The van der Waals surface area contributed by atoms with Gasteiger partial charge in [-0.2, -0.15) is 0 Å². The molecule has 26 heavy (non-hydrogen) atoms. The molecule has 1 aromatic heterocycles. The molecule has 1 aliphatic heterocycles. The number of nitrogens with one attached hydrogen (secondary N) is 1. The standard InChI is InChI=1S/C20H25ClN4O/c1-16(17-6-2-3-7-18(17)21)22-11-9-20(26)25-14-12-24(13-15-25)19-8-4-5-10-23-19/h2-8,10,16,22H,9,11-15H2,1H3. The van der Waals surface area contributed by atoms with Crippen LogP contribution in [0.4, 0.5) is 5.82 Å². The molecular formula is C20H25ClN4O. The number of aromatic nitrogens is 1. The molecule has 0 saturated carbocycles. The van der Waals surface area contributed by atoms with Gasteiger partial charge in [0.2, 0.25) is 5.91 Å². The van der Waals surface area contributed by atoms with Crippen LogP contribution >= 0.6 is 11.6 Å². The molecule has 3 rings (SSSR count). The summed E-state index contributed by atoms with van der Waals surface area (Å²) in [5.41, 5.74) is 1.06. The highest BCUT2D eigenvalue weighted by Crippen LogP contribution is 2.22. The van der Waals surface area contributed by atoms with Crippen LogP contribution in [0.15, 0.2) is 48.7 Å². The van der Waals surface area contributed by atoms with E-state index in [-0.39, 0.29) is 11.9 Å². The largest absolute Gasteiger partial charge is 0.353 e. The quantitative estimate of drug-likeness (QED) is 0.846. The number of piperazine rings is 1. The summed E-state index contributed by atoms with van der Waals surface area (Å²) in [7, 11) is 0. The van der Waals surface area contributed by atoms with Crippen molar-refractivity contribution in [3.63, 3.8) is 0 Å². The number of carbonyl (C=O) groups excluding carboxylic acids is 1. The zero-order chi connectivity index (χ0) is 18.4. The number of anilines is 1. The van der Waals surface area contributed by atoms with Gasteiger partial charge in [-0.1, -0.05) is 35.9 Å². The number of halogens is 1. The molecule has 1 saturated heterocycles. The zero-order valence-electron chi connectivity index (χ0n) is 15.1. The van der Waals surface area contributed by atoms with E-state index in [1.54, 1.807) is 6.20 Å². The summed E-state index contributed by atoms with van der Waals surface area (Å²) < 4.78 is 0. The number of nitrogens with zero attached hydrogens (tertiary/aromatic N) is 3. The van der Waals surface area contributed by atoms with E-state index in [2.05, 4.69) is 22.1 Å². The predicted octanol–water partition coefficient (Wildman–Crippen LogP) is 3.12.